The van der Waals surface area contributed by atoms with Gasteiger partial charge < -0.3 is 9.72 Å². The Hall–Kier alpha value is -2.20. The van der Waals surface area contributed by atoms with Gasteiger partial charge in [-0.2, -0.15) is 0 Å². The minimum Gasteiger partial charge on any atom is -0.381 e. The van der Waals surface area contributed by atoms with Gasteiger partial charge in [0, 0.05) is 30.2 Å². The lowest BCUT2D eigenvalue weighted by Crippen LogP contribution is -2.18. The lowest BCUT2D eigenvalue weighted by molar-refractivity contribution is 0.0626. The minimum absolute atomic E-state index is 0.270. The van der Waals surface area contributed by atoms with E-state index in [1.165, 1.54) is 11.8 Å². The first-order valence-electron chi connectivity index (χ1n) is 8.56. The normalized spacial score (nSPS) is 17.2. The van der Waals surface area contributed by atoms with Crippen molar-refractivity contribution in [3.05, 3.63) is 65.7 Å². The summed E-state index contributed by atoms with van der Waals surface area (Å²) in [6.45, 7) is 1.71. The quantitative estimate of drug-likeness (QED) is 0.758. The number of aromatic nitrogens is 2. The molecule has 3 nitrogen and oxygen atoms in total. The van der Waals surface area contributed by atoms with Crippen LogP contribution >= 0.6 is 0 Å². The highest BCUT2D eigenvalue weighted by Crippen LogP contribution is 2.35. The van der Waals surface area contributed by atoms with Crippen LogP contribution in [0.2, 0.25) is 0 Å². The van der Waals surface area contributed by atoms with Gasteiger partial charge in [-0.3, -0.25) is 0 Å². The summed E-state index contributed by atoms with van der Waals surface area (Å²) in [4.78, 5) is 7.58. The van der Waals surface area contributed by atoms with Crippen molar-refractivity contribution in [3.63, 3.8) is 0 Å². The molecular weight excluding hydrogens is 303 g/mol. The molecule has 4 heteroatoms. The van der Waals surface area contributed by atoms with Crippen LogP contribution in [-0.4, -0.2) is 23.2 Å². The van der Waals surface area contributed by atoms with Crippen LogP contribution in [0.1, 0.15) is 36.4 Å². The van der Waals surface area contributed by atoms with Crippen LogP contribution in [0, 0.1) is 11.7 Å². The van der Waals surface area contributed by atoms with Gasteiger partial charge >= 0.3 is 0 Å². The summed E-state index contributed by atoms with van der Waals surface area (Å²) in [5, 5.41) is 0.831. The van der Waals surface area contributed by atoms with Crippen molar-refractivity contribution in [2.75, 3.05) is 13.2 Å². The van der Waals surface area contributed by atoms with E-state index >= 15 is 0 Å². The number of halogens is 1. The largest absolute Gasteiger partial charge is 0.381 e. The Morgan fingerprint density at radius 2 is 1.96 bits per heavy atom. The van der Waals surface area contributed by atoms with Crippen molar-refractivity contribution >= 4 is 11.0 Å². The Balaban J connectivity index is 1.70. The number of H-pyrrole nitrogens is 1. The predicted octanol–water partition coefficient (Wildman–Crippen LogP) is 4.65. The fourth-order valence-electron chi connectivity index (χ4n) is 3.64. The van der Waals surface area contributed by atoms with E-state index < -0.39 is 0 Å². The first kappa shape index (κ1) is 15.3. The van der Waals surface area contributed by atoms with Crippen molar-refractivity contribution < 1.29 is 9.13 Å². The molecule has 24 heavy (non-hydrogen) atoms. The second-order valence-corrected chi connectivity index (χ2v) is 6.57. The van der Waals surface area contributed by atoms with Crippen LogP contribution < -0.4 is 0 Å². The molecule has 1 fully saturated rings. The summed E-state index contributed by atoms with van der Waals surface area (Å²) in [6, 6.07) is 14.1. The van der Waals surface area contributed by atoms with E-state index in [9.17, 15) is 4.39 Å². The monoisotopic (exact) mass is 324 g/mol. The van der Waals surface area contributed by atoms with Crippen molar-refractivity contribution in [1.29, 1.82) is 0 Å². The first-order valence-corrected chi connectivity index (χ1v) is 8.56. The Labute approximate surface area is 140 Å². The highest BCUT2D eigenvalue weighted by Gasteiger charge is 2.23. The molecule has 0 bridgehead atoms. The standard InChI is InChI=1S/C20H21FN2O/c21-17-11-16-12-19(23-20(16)22-13-17)18(15-4-2-1-3-5-15)10-14-6-8-24-9-7-14/h1-5,11-14,18H,6-10H2,(H,22,23). The molecule has 1 unspecified atom stereocenters. The fraction of sp³-hybridized carbons (Fsp3) is 0.350. The maximum Gasteiger partial charge on any atom is 0.142 e. The number of pyridine rings is 1. The van der Waals surface area contributed by atoms with Crippen LogP contribution in [0.5, 0.6) is 0 Å². The van der Waals surface area contributed by atoms with Gasteiger partial charge in [-0.15, -0.1) is 0 Å². The summed E-state index contributed by atoms with van der Waals surface area (Å²) in [6.07, 6.45) is 4.55. The number of hydrogen-bond donors (Lipinski definition) is 1. The van der Waals surface area contributed by atoms with Crippen LogP contribution in [-0.2, 0) is 4.74 Å². The van der Waals surface area contributed by atoms with Crippen LogP contribution in [0.3, 0.4) is 0 Å². The molecular formula is C20H21FN2O. The third kappa shape index (κ3) is 3.20. The third-order valence-electron chi connectivity index (χ3n) is 4.94. The highest BCUT2D eigenvalue weighted by molar-refractivity contribution is 5.76. The van der Waals surface area contributed by atoms with E-state index in [1.54, 1.807) is 6.07 Å². The number of hydrogen-bond acceptors (Lipinski definition) is 2. The molecule has 0 spiro atoms. The average Bonchev–Trinajstić information content (AvgIpc) is 3.04. The van der Waals surface area contributed by atoms with Gasteiger partial charge in [-0.25, -0.2) is 9.37 Å². The molecule has 3 aromatic rings. The Morgan fingerprint density at radius 1 is 1.17 bits per heavy atom. The summed E-state index contributed by atoms with van der Waals surface area (Å²) in [5.41, 5.74) is 3.15. The smallest absolute Gasteiger partial charge is 0.142 e. The molecule has 3 heterocycles. The Kier molecular flexibility index (Phi) is 4.30. The molecule has 1 saturated heterocycles. The van der Waals surface area contributed by atoms with Crippen molar-refractivity contribution in [2.45, 2.75) is 25.2 Å². The maximum absolute atomic E-state index is 13.5. The molecule has 1 aromatic carbocycles. The zero-order valence-corrected chi connectivity index (χ0v) is 13.5. The van der Waals surface area contributed by atoms with E-state index in [2.05, 4.69) is 34.2 Å². The molecule has 1 atom stereocenters. The fourth-order valence-corrected chi connectivity index (χ4v) is 3.64. The number of ether oxygens (including phenoxy) is 1. The number of rotatable bonds is 4. The summed E-state index contributed by atoms with van der Waals surface area (Å²) in [5.74, 6) is 0.625. The van der Waals surface area contributed by atoms with E-state index in [4.69, 9.17) is 4.74 Å². The zero-order chi connectivity index (χ0) is 16.4. The lowest BCUT2D eigenvalue weighted by Gasteiger charge is -2.26. The van der Waals surface area contributed by atoms with Gasteiger partial charge in [0.2, 0.25) is 0 Å². The number of aromatic amines is 1. The number of nitrogens with zero attached hydrogens (tertiary/aromatic N) is 1. The molecule has 0 saturated carbocycles. The second kappa shape index (κ2) is 6.73. The SMILES string of the molecule is Fc1cnc2[nH]c(C(CC3CCOCC3)c3ccccc3)cc2c1. The van der Waals surface area contributed by atoms with Crippen LogP contribution in [0.15, 0.2) is 48.7 Å². The van der Waals surface area contributed by atoms with Gasteiger partial charge in [0.1, 0.15) is 11.5 Å². The van der Waals surface area contributed by atoms with E-state index in [0.717, 1.165) is 49.2 Å². The molecule has 2 aromatic heterocycles. The van der Waals surface area contributed by atoms with Crippen molar-refractivity contribution in [3.8, 4) is 0 Å². The Bertz CT molecular complexity index is 809. The van der Waals surface area contributed by atoms with Gasteiger partial charge in [0.25, 0.3) is 0 Å². The molecule has 0 aliphatic carbocycles. The second-order valence-electron chi connectivity index (χ2n) is 6.57. The molecule has 0 radical (unpaired) electrons. The van der Waals surface area contributed by atoms with Crippen molar-refractivity contribution in [2.24, 2.45) is 5.92 Å². The number of benzene rings is 1. The summed E-state index contributed by atoms with van der Waals surface area (Å²) in [7, 11) is 0. The predicted molar refractivity (Wildman–Crippen MR) is 92.5 cm³/mol. The van der Waals surface area contributed by atoms with Gasteiger partial charge in [-0.05, 0) is 42.9 Å². The van der Waals surface area contributed by atoms with Crippen LogP contribution in [0.4, 0.5) is 4.39 Å². The van der Waals surface area contributed by atoms with Gasteiger partial charge in [0.15, 0.2) is 0 Å². The van der Waals surface area contributed by atoms with Crippen molar-refractivity contribution in [1.82, 2.24) is 9.97 Å². The first-order chi connectivity index (χ1) is 11.8. The van der Waals surface area contributed by atoms with E-state index in [1.807, 2.05) is 12.1 Å². The van der Waals surface area contributed by atoms with Crippen LogP contribution in [0.25, 0.3) is 11.0 Å². The van der Waals surface area contributed by atoms with Gasteiger partial charge in [0.05, 0.1) is 6.20 Å². The Morgan fingerprint density at radius 3 is 2.75 bits per heavy atom. The zero-order valence-electron chi connectivity index (χ0n) is 13.5. The minimum atomic E-state index is -0.297. The molecule has 1 aliphatic heterocycles. The van der Waals surface area contributed by atoms with Gasteiger partial charge in [-0.1, -0.05) is 30.3 Å². The summed E-state index contributed by atoms with van der Waals surface area (Å²) < 4.78 is 18.9. The van der Waals surface area contributed by atoms with E-state index in [0.29, 0.717) is 5.92 Å². The number of nitrogens with one attached hydrogen (secondary N) is 1. The highest BCUT2D eigenvalue weighted by atomic mass is 19.1. The van der Waals surface area contributed by atoms with E-state index in [-0.39, 0.29) is 11.7 Å². The average molecular weight is 324 g/mol. The summed E-state index contributed by atoms with van der Waals surface area (Å²) >= 11 is 0. The molecule has 1 N–H and O–H groups in total. The molecule has 0 amide bonds. The topological polar surface area (TPSA) is 37.9 Å². The maximum atomic E-state index is 13.5. The molecule has 124 valence electrons. The molecule has 4 rings (SSSR count). The molecule has 1 aliphatic rings. The number of fused-ring (bicyclic) bond motifs is 1. The third-order valence-corrected chi connectivity index (χ3v) is 4.94. The lowest BCUT2D eigenvalue weighted by atomic mass is 9.83.